The smallest absolute Gasteiger partial charge is 0.198 e. The fourth-order valence-electron chi connectivity index (χ4n) is 8.35. The SMILES string of the molecule is CC1C(O)C2(OC3CCC(C2C)C2(C)C=CC4=C(C=CC5=CC(=O)CCC54C)C32)OC1(C)C. The molecule has 3 aliphatic heterocycles. The van der Waals surface area contributed by atoms with Crippen molar-refractivity contribution < 1.29 is 19.4 Å². The zero-order valence-corrected chi connectivity index (χ0v) is 20.9. The van der Waals surface area contributed by atoms with E-state index in [1.165, 1.54) is 11.1 Å². The van der Waals surface area contributed by atoms with Gasteiger partial charge in [-0.25, -0.2) is 0 Å². The number of aliphatic hydroxyl groups is 1. The largest absolute Gasteiger partial charge is 0.387 e. The van der Waals surface area contributed by atoms with Crippen molar-refractivity contribution in [3.05, 3.63) is 47.1 Å². The first-order valence-corrected chi connectivity index (χ1v) is 12.9. The zero-order chi connectivity index (χ0) is 23.6. The maximum atomic E-state index is 12.1. The summed E-state index contributed by atoms with van der Waals surface area (Å²) < 4.78 is 13.7. The van der Waals surface area contributed by atoms with Crippen LogP contribution in [-0.2, 0) is 14.3 Å². The van der Waals surface area contributed by atoms with Crippen LogP contribution >= 0.6 is 0 Å². The van der Waals surface area contributed by atoms with Crippen molar-refractivity contribution in [2.75, 3.05) is 0 Å². The van der Waals surface area contributed by atoms with E-state index in [2.05, 4.69) is 65.8 Å². The summed E-state index contributed by atoms with van der Waals surface area (Å²) in [5.41, 5.74) is 3.25. The molecular weight excluding hydrogens is 412 g/mol. The molecule has 178 valence electrons. The third-order valence-corrected chi connectivity index (χ3v) is 10.7. The van der Waals surface area contributed by atoms with Gasteiger partial charge in [0.15, 0.2) is 11.6 Å². The van der Waals surface area contributed by atoms with E-state index in [0.29, 0.717) is 12.3 Å². The summed E-state index contributed by atoms with van der Waals surface area (Å²) in [7, 11) is 0. The molecule has 7 rings (SSSR count). The summed E-state index contributed by atoms with van der Waals surface area (Å²) in [6, 6.07) is 0. The summed E-state index contributed by atoms with van der Waals surface area (Å²) in [6.07, 6.45) is 14.0. The number of ketones is 1. The summed E-state index contributed by atoms with van der Waals surface area (Å²) in [5.74, 6) is -0.0760. The first-order valence-electron chi connectivity index (χ1n) is 12.9. The lowest BCUT2D eigenvalue weighted by Gasteiger charge is -2.53. The van der Waals surface area contributed by atoms with Gasteiger partial charge in [-0.15, -0.1) is 0 Å². The average Bonchev–Trinajstić information content (AvgIpc) is 2.85. The van der Waals surface area contributed by atoms with Crippen LogP contribution in [0.15, 0.2) is 47.1 Å². The molecule has 0 aromatic rings. The summed E-state index contributed by atoms with van der Waals surface area (Å²) in [5, 5.41) is 11.5. The van der Waals surface area contributed by atoms with Crippen LogP contribution in [0.4, 0.5) is 0 Å². The fourth-order valence-corrected chi connectivity index (χ4v) is 8.35. The first kappa shape index (κ1) is 22.0. The molecule has 9 atom stereocenters. The van der Waals surface area contributed by atoms with Gasteiger partial charge in [-0.2, -0.15) is 0 Å². The van der Waals surface area contributed by atoms with Crippen LogP contribution in [0.25, 0.3) is 0 Å². The number of carbonyl (C=O) groups is 1. The Kier molecular flexibility index (Phi) is 4.39. The normalized spacial score (nSPS) is 51.8. The molecule has 0 radical (unpaired) electrons. The number of fused-ring (bicyclic) bond motifs is 3. The molecule has 3 heterocycles. The van der Waals surface area contributed by atoms with E-state index in [9.17, 15) is 9.90 Å². The van der Waals surface area contributed by atoms with Crippen molar-refractivity contribution in [1.29, 1.82) is 0 Å². The van der Waals surface area contributed by atoms with Crippen LogP contribution in [0, 0.1) is 34.5 Å². The number of aliphatic hydroxyl groups excluding tert-OH is 1. The van der Waals surface area contributed by atoms with Gasteiger partial charge in [0, 0.05) is 29.6 Å². The van der Waals surface area contributed by atoms with Crippen LogP contribution < -0.4 is 0 Å². The highest BCUT2D eigenvalue weighted by molar-refractivity contribution is 5.92. The molecule has 0 amide bonds. The lowest BCUT2D eigenvalue weighted by Crippen LogP contribution is -2.51. The minimum absolute atomic E-state index is 0.00133. The number of hydrogen-bond acceptors (Lipinski definition) is 4. The Labute approximate surface area is 197 Å². The topological polar surface area (TPSA) is 55.8 Å². The molecular formula is C29H38O4. The summed E-state index contributed by atoms with van der Waals surface area (Å²) in [6.45, 7) is 13.2. The molecule has 1 spiro atoms. The Hall–Kier alpha value is -1.49. The second-order valence-corrected chi connectivity index (χ2v) is 12.6. The van der Waals surface area contributed by atoms with Crippen molar-refractivity contribution in [1.82, 2.24) is 0 Å². The Morgan fingerprint density at radius 2 is 1.79 bits per heavy atom. The van der Waals surface area contributed by atoms with Crippen molar-refractivity contribution in [3.63, 3.8) is 0 Å². The van der Waals surface area contributed by atoms with Crippen molar-refractivity contribution in [2.45, 2.75) is 90.8 Å². The Morgan fingerprint density at radius 3 is 2.48 bits per heavy atom. The van der Waals surface area contributed by atoms with Gasteiger partial charge in [0.25, 0.3) is 0 Å². The Balaban J connectivity index is 1.48. The number of allylic oxidation sites excluding steroid dienone is 7. The molecule has 33 heavy (non-hydrogen) atoms. The number of ether oxygens (including phenoxy) is 2. The van der Waals surface area contributed by atoms with Gasteiger partial charge in [-0.1, -0.05) is 52.0 Å². The van der Waals surface area contributed by atoms with Crippen molar-refractivity contribution in [2.24, 2.45) is 34.5 Å². The van der Waals surface area contributed by atoms with Gasteiger partial charge in [0.05, 0.1) is 11.7 Å². The zero-order valence-electron chi connectivity index (χ0n) is 20.9. The monoisotopic (exact) mass is 450 g/mol. The predicted octanol–water partition coefficient (Wildman–Crippen LogP) is 5.29. The molecule has 4 nitrogen and oxygen atoms in total. The van der Waals surface area contributed by atoms with Crippen LogP contribution in [0.1, 0.15) is 67.2 Å². The number of rotatable bonds is 0. The number of carbonyl (C=O) groups excluding carboxylic acids is 1. The van der Waals surface area contributed by atoms with Gasteiger partial charge < -0.3 is 14.6 Å². The van der Waals surface area contributed by atoms with Gasteiger partial charge in [-0.05, 0) is 67.2 Å². The van der Waals surface area contributed by atoms with Gasteiger partial charge in [-0.3, -0.25) is 4.79 Å². The molecule has 7 aliphatic rings. The Morgan fingerprint density at radius 1 is 1.03 bits per heavy atom. The van der Waals surface area contributed by atoms with Crippen molar-refractivity contribution >= 4 is 5.78 Å². The van der Waals surface area contributed by atoms with E-state index in [1.807, 2.05) is 6.08 Å². The quantitative estimate of drug-likeness (QED) is 0.545. The molecule has 2 bridgehead atoms. The van der Waals surface area contributed by atoms with E-state index in [1.54, 1.807) is 0 Å². The standard InChI is InChI=1S/C29H38O4/c1-16-21-9-10-23(32-29(16)25(31)17(2)26(3,4)33-29)24-20-8-7-18-15-19(30)11-13-27(18,5)22(20)12-14-28(21,24)6/h7-8,12,14-17,21,23-25,31H,9-11,13H2,1-6H3. The second kappa shape index (κ2) is 6.59. The lowest BCUT2D eigenvalue weighted by atomic mass is 9.50. The molecule has 3 saturated heterocycles. The highest BCUT2D eigenvalue weighted by Gasteiger charge is 2.68. The maximum absolute atomic E-state index is 12.1. The second-order valence-electron chi connectivity index (χ2n) is 12.6. The minimum atomic E-state index is -0.964. The van der Waals surface area contributed by atoms with Gasteiger partial charge in [0.1, 0.15) is 6.10 Å². The molecule has 1 N–H and O–H groups in total. The summed E-state index contributed by atoms with van der Waals surface area (Å²) in [4.78, 5) is 12.1. The molecule has 4 heteroatoms. The van der Waals surface area contributed by atoms with E-state index in [-0.39, 0.29) is 40.5 Å². The van der Waals surface area contributed by atoms with E-state index < -0.39 is 17.5 Å². The Bertz CT molecular complexity index is 1050. The number of hydrogen-bond donors (Lipinski definition) is 1. The van der Waals surface area contributed by atoms with Gasteiger partial charge >= 0.3 is 0 Å². The van der Waals surface area contributed by atoms with Crippen molar-refractivity contribution in [3.8, 4) is 0 Å². The molecule has 4 aliphatic carbocycles. The average molecular weight is 451 g/mol. The van der Waals surface area contributed by atoms with Crippen LogP contribution in [-0.4, -0.2) is 34.5 Å². The minimum Gasteiger partial charge on any atom is -0.387 e. The highest BCUT2D eigenvalue weighted by atomic mass is 16.7. The third kappa shape index (κ3) is 2.61. The van der Waals surface area contributed by atoms with Crippen LogP contribution in [0.3, 0.4) is 0 Å². The van der Waals surface area contributed by atoms with E-state index in [4.69, 9.17) is 9.47 Å². The van der Waals surface area contributed by atoms with Crippen LogP contribution in [0.5, 0.6) is 0 Å². The molecule has 0 aromatic carbocycles. The van der Waals surface area contributed by atoms with Gasteiger partial charge in [0.2, 0.25) is 0 Å². The van der Waals surface area contributed by atoms with E-state index in [0.717, 1.165) is 24.8 Å². The maximum Gasteiger partial charge on any atom is 0.198 e. The van der Waals surface area contributed by atoms with Crippen LogP contribution in [0.2, 0.25) is 0 Å². The third-order valence-electron chi connectivity index (χ3n) is 10.7. The van der Waals surface area contributed by atoms with E-state index >= 15 is 0 Å². The molecule has 0 aromatic heterocycles. The molecule has 9 unspecified atom stereocenters. The fraction of sp³-hybridized carbons (Fsp3) is 0.690. The highest BCUT2D eigenvalue weighted by Crippen LogP contribution is 2.65. The lowest BCUT2D eigenvalue weighted by molar-refractivity contribution is -0.308. The summed E-state index contributed by atoms with van der Waals surface area (Å²) >= 11 is 0. The molecule has 4 fully saturated rings. The predicted molar refractivity (Wildman–Crippen MR) is 127 cm³/mol. The molecule has 1 saturated carbocycles. The first-order chi connectivity index (χ1) is 15.4.